The number of fused-ring (bicyclic) bond motifs is 1. The molecule has 2 heterocycles. The van der Waals surface area contributed by atoms with Gasteiger partial charge < -0.3 is 9.55 Å². The maximum absolute atomic E-state index is 5.95. The Kier molecular flexibility index (Phi) is 3.16. The molecule has 2 unspecified atom stereocenters. The summed E-state index contributed by atoms with van der Waals surface area (Å²) in [6, 6.07) is 1.88. The second kappa shape index (κ2) is 4.67. The van der Waals surface area contributed by atoms with Crippen molar-refractivity contribution in [3.63, 3.8) is 0 Å². The number of nitrogens with zero attached hydrogens (tertiary/aromatic N) is 2. The van der Waals surface area contributed by atoms with Crippen LogP contribution in [0.1, 0.15) is 26.2 Å². The zero-order chi connectivity index (χ0) is 12.7. The summed E-state index contributed by atoms with van der Waals surface area (Å²) in [5.41, 5.74) is 1.85. The molecule has 1 N–H and O–H groups in total. The van der Waals surface area contributed by atoms with Crippen LogP contribution in [0.2, 0.25) is 5.02 Å². The van der Waals surface area contributed by atoms with Crippen LogP contribution in [0.15, 0.2) is 12.3 Å². The first-order valence-corrected chi connectivity index (χ1v) is 7.18. The number of aromatic amines is 1. The van der Waals surface area contributed by atoms with Crippen LogP contribution in [-0.2, 0) is 6.54 Å². The molecule has 0 amide bonds. The SMILES string of the molecule is CC1CCCC1Cn1c(=S)[nH]c2cc(Cl)cnc21. The molecule has 0 bridgehead atoms. The number of aromatic nitrogens is 3. The third-order valence-corrected chi connectivity index (χ3v) is 4.56. The fraction of sp³-hybridized carbons (Fsp3) is 0.538. The first-order valence-electron chi connectivity index (χ1n) is 6.39. The number of H-pyrrole nitrogens is 1. The Hall–Kier alpha value is -0.870. The van der Waals surface area contributed by atoms with Crippen molar-refractivity contribution in [3.8, 4) is 0 Å². The van der Waals surface area contributed by atoms with Gasteiger partial charge in [-0.1, -0.05) is 31.4 Å². The van der Waals surface area contributed by atoms with Crippen LogP contribution >= 0.6 is 23.8 Å². The molecule has 2 atom stereocenters. The van der Waals surface area contributed by atoms with Crippen LogP contribution < -0.4 is 0 Å². The Morgan fingerprint density at radius 2 is 2.39 bits per heavy atom. The van der Waals surface area contributed by atoms with Crippen molar-refractivity contribution in [1.29, 1.82) is 0 Å². The lowest BCUT2D eigenvalue weighted by Gasteiger charge is -2.15. The fourth-order valence-corrected chi connectivity index (χ4v) is 3.34. The molecule has 2 aromatic heterocycles. The van der Waals surface area contributed by atoms with E-state index in [1.54, 1.807) is 6.20 Å². The molecule has 3 rings (SSSR count). The van der Waals surface area contributed by atoms with E-state index in [9.17, 15) is 0 Å². The van der Waals surface area contributed by atoms with Crippen LogP contribution in [-0.4, -0.2) is 14.5 Å². The molecule has 5 heteroatoms. The van der Waals surface area contributed by atoms with Gasteiger partial charge in [-0.15, -0.1) is 0 Å². The fourth-order valence-electron chi connectivity index (χ4n) is 2.92. The molecule has 0 aliphatic heterocycles. The third-order valence-electron chi connectivity index (χ3n) is 4.03. The van der Waals surface area contributed by atoms with Crippen molar-refractivity contribution in [2.24, 2.45) is 11.8 Å². The van der Waals surface area contributed by atoms with Crippen molar-refractivity contribution in [3.05, 3.63) is 22.1 Å². The summed E-state index contributed by atoms with van der Waals surface area (Å²) in [7, 11) is 0. The number of hydrogen-bond acceptors (Lipinski definition) is 2. The van der Waals surface area contributed by atoms with Gasteiger partial charge in [0.1, 0.15) is 0 Å². The van der Waals surface area contributed by atoms with E-state index in [4.69, 9.17) is 23.8 Å². The Morgan fingerprint density at radius 3 is 3.11 bits per heavy atom. The molecule has 1 aliphatic carbocycles. The Labute approximate surface area is 116 Å². The first-order chi connectivity index (χ1) is 8.65. The molecule has 18 heavy (non-hydrogen) atoms. The molecule has 1 aliphatic rings. The van der Waals surface area contributed by atoms with E-state index in [-0.39, 0.29) is 0 Å². The van der Waals surface area contributed by atoms with Crippen LogP contribution in [0.5, 0.6) is 0 Å². The smallest absolute Gasteiger partial charge is 0.179 e. The molecule has 2 aromatic rings. The number of imidazole rings is 1. The van der Waals surface area contributed by atoms with Crippen molar-refractivity contribution in [2.75, 3.05) is 0 Å². The van der Waals surface area contributed by atoms with Crippen molar-refractivity contribution >= 4 is 35.0 Å². The van der Waals surface area contributed by atoms with Crippen molar-refractivity contribution in [1.82, 2.24) is 14.5 Å². The largest absolute Gasteiger partial charge is 0.329 e. The standard InChI is InChI=1S/C13H16ClN3S/c1-8-3-2-4-9(8)7-17-12-11(16-13(17)18)5-10(14)6-15-12/h5-6,8-9H,2-4,7H2,1H3,(H,16,18). The van der Waals surface area contributed by atoms with Crippen molar-refractivity contribution in [2.45, 2.75) is 32.7 Å². The predicted octanol–water partition coefficient (Wildman–Crippen LogP) is 4.18. The zero-order valence-electron chi connectivity index (χ0n) is 10.3. The number of pyridine rings is 1. The summed E-state index contributed by atoms with van der Waals surface area (Å²) in [4.78, 5) is 7.59. The summed E-state index contributed by atoms with van der Waals surface area (Å²) < 4.78 is 2.87. The molecule has 3 nitrogen and oxygen atoms in total. The maximum Gasteiger partial charge on any atom is 0.179 e. The molecule has 1 fully saturated rings. The highest BCUT2D eigenvalue weighted by Crippen LogP contribution is 2.33. The lowest BCUT2D eigenvalue weighted by atomic mass is 9.98. The van der Waals surface area contributed by atoms with E-state index in [1.807, 2.05) is 6.07 Å². The molecule has 0 spiro atoms. The Bertz CT molecular complexity index is 631. The topological polar surface area (TPSA) is 33.6 Å². The molecular weight excluding hydrogens is 266 g/mol. The molecule has 0 saturated heterocycles. The first kappa shape index (κ1) is 12.2. The predicted molar refractivity (Wildman–Crippen MR) is 76.4 cm³/mol. The number of rotatable bonds is 2. The second-order valence-corrected chi connectivity index (χ2v) is 6.06. The van der Waals surface area contributed by atoms with Crippen LogP contribution in [0.3, 0.4) is 0 Å². The average molecular weight is 282 g/mol. The highest BCUT2D eigenvalue weighted by atomic mass is 35.5. The highest BCUT2D eigenvalue weighted by molar-refractivity contribution is 7.71. The van der Waals surface area contributed by atoms with Gasteiger partial charge in [-0.3, -0.25) is 0 Å². The van der Waals surface area contributed by atoms with Gasteiger partial charge in [0.25, 0.3) is 0 Å². The summed E-state index contributed by atoms with van der Waals surface area (Å²) in [6.07, 6.45) is 5.64. The van der Waals surface area contributed by atoms with Gasteiger partial charge in [0, 0.05) is 12.7 Å². The molecule has 0 aromatic carbocycles. The van der Waals surface area contributed by atoms with E-state index in [0.717, 1.165) is 28.4 Å². The Morgan fingerprint density at radius 1 is 1.56 bits per heavy atom. The minimum atomic E-state index is 0.639. The molecule has 1 saturated carbocycles. The van der Waals surface area contributed by atoms with Crippen LogP contribution in [0.25, 0.3) is 11.2 Å². The summed E-state index contributed by atoms with van der Waals surface area (Å²) in [5, 5.41) is 0.639. The Balaban J connectivity index is 2.01. The minimum absolute atomic E-state index is 0.639. The lowest BCUT2D eigenvalue weighted by Crippen LogP contribution is -2.13. The molecule has 0 radical (unpaired) electrons. The van der Waals surface area contributed by atoms with Crippen LogP contribution in [0, 0.1) is 16.6 Å². The summed E-state index contributed by atoms with van der Waals surface area (Å²) in [6.45, 7) is 3.30. The van der Waals surface area contributed by atoms with Gasteiger partial charge in [-0.25, -0.2) is 4.98 Å². The van der Waals surface area contributed by atoms with Gasteiger partial charge in [0.15, 0.2) is 10.4 Å². The number of halogens is 1. The minimum Gasteiger partial charge on any atom is -0.329 e. The van der Waals surface area contributed by atoms with E-state index >= 15 is 0 Å². The second-order valence-electron chi connectivity index (χ2n) is 5.23. The van der Waals surface area contributed by atoms with E-state index < -0.39 is 0 Å². The van der Waals surface area contributed by atoms with Gasteiger partial charge in [0.05, 0.1) is 10.5 Å². The molecule has 96 valence electrons. The zero-order valence-corrected chi connectivity index (χ0v) is 11.9. The van der Waals surface area contributed by atoms with Crippen LogP contribution in [0.4, 0.5) is 0 Å². The average Bonchev–Trinajstić information content (AvgIpc) is 2.85. The van der Waals surface area contributed by atoms with E-state index in [0.29, 0.717) is 10.9 Å². The monoisotopic (exact) mass is 281 g/mol. The van der Waals surface area contributed by atoms with Gasteiger partial charge in [-0.2, -0.15) is 0 Å². The third kappa shape index (κ3) is 2.08. The molecular formula is C13H16ClN3S. The quantitative estimate of drug-likeness (QED) is 0.838. The van der Waals surface area contributed by atoms with Gasteiger partial charge in [-0.05, 0) is 36.5 Å². The summed E-state index contributed by atoms with van der Waals surface area (Å²) >= 11 is 11.3. The summed E-state index contributed by atoms with van der Waals surface area (Å²) in [5.74, 6) is 1.50. The number of hydrogen-bond donors (Lipinski definition) is 1. The van der Waals surface area contributed by atoms with E-state index in [2.05, 4.69) is 21.5 Å². The maximum atomic E-state index is 5.95. The van der Waals surface area contributed by atoms with Gasteiger partial charge >= 0.3 is 0 Å². The van der Waals surface area contributed by atoms with Gasteiger partial charge in [0.2, 0.25) is 0 Å². The van der Waals surface area contributed by atoms with Crippen molar-refractivity contribution < 1.29 is 0 Å². The highest BCUT2D eigenvalue weighted by Gasteiger charge is 2.24. The lowest BCUT2D eigenvalue weighted by molar-refractivity contribution is 0.366. The number of nitrogens with one attached hydrogen (secondary N) is 1. The normalized spacial score (nSPS) is 23.9. The van der Waals surface area contributed by atoms with E-state index in [1.165, 1.54) is 19.3 Å².